The number of carbonyl (C=O) groups is 1. The van der Waals surface area contributed by atoms with Crippen LogP contribution in [0.5, 0.6) is 0 Å². The van der Waals surface area contributed by atoms with E-state index in [0.717, 1.165) is 51.4 Å². The van der Waals surface area contributed by atoms with Crippen molar-refractivity contribution in [2.45, 2.75) is 121 Å². The van der Waals surface area contributed by atoms with Crippen molar-refractivity contribution in [3.05, 3.63) is 0 Å². The van der Waals surface area contributed by atoms with Gasteiger partial charge < -0.3 is 5.11 Å². The van der Waals surface area contributed by atoms with Gasteiger partial charge in [0.2, 0.25) is 0 Å². The summed E-state index contributed by atoms with van der Waals surface area (Å²) >= 11 is 0. The van der Waals surface area contributed by atoms with Crippen LogP contribution in [0.4, 0.5) is 0 Å². The normalized spacial score (nSPS) is 14.3. The average molecular weight is 393 g/mol. The molecule has 2 N–H and O–H groups in total. The zero-order chi connectivity index (χ0) is 19.9. The van der Waals surface area contributed by atoms with Crippen LogP contribution >= 0.6 is 0 Å². The van der Waals surface area contributed by atoms with E-state index in [9.17, 15) is 22.9 Å². The smallest absolute Gasteiger partial charge is 0.327 e. The van der Waals surface area contributed by atoms with Crippen molar-refractivity contribution < 1.29 is 22.9 Å². The molecule has 156 valence electrons. The third-order valence-electron chi connectivity index (χ3n) is 5.25. The lowest BCUT2D eigenvalue weighted by Gasteiger charge is -2.26. The molecule has 0 spiro atoms. The summed E-state index contributed by atoms with van der Waals surface area (Å²) in [6.45, 7) is 4.29. The molecule has 0 saturated carbocycles. The van der Waals surface area contributed by atoms with Gasteiger partial charge >= 0.3 is 5.97 Å². The average Bonchev–Trinajstić information content (AvgIpc) is 2.57. The van der Waals surface area contributed by atoms with Crippen LogP contribution in [0.1, 0.15) is 117 Å². The summed E-state index contributed by atoms with van der Waals surface area (Å²) in [5, 5.41) is 9.56. The molecule has 0 aromatic carbocycles. The molecule has 0 saturated heterocycles. The van der Waals surface area contributed by atoms with Gasteiger partial charge in [-0.1, -0.05) is 104 Å². The Morgan fingerprint density at radius 2 is 1.00 bits per heavy atom. The Morgan fingerprint density at radius 3 is 1.27 bits per heavy atom. The summed E-state index contributed by atoms with van der Waals surface area (Å²) < 4.78 is 31.4. The minimum Gasteiger partial charge on any atom is -0.480 e. The molecule has 5 nitrogen and oxygen atoms in total. The van der Waals surface area contributed by atoms with Gasteiger partial charge in [-0.3, -0.25) is 9.35 Å². The molecule has 0 radical (unpaired) electrons. The van der Waals surface area contributed by atoms with Crippen molar-refractivity contribution in [2.24, 2.45) is 0 Å². The Kier molecular flexibility index (Phi) is 14.1. The second-order valence-electron chi connectivity index (χ2n) is 7.52. The standard InChI is InChI=1S/C20H40O5S/c1-3-5-7-9-11-12-14-16-18-20(19(21)22,26(23,24)25)17-15-13-10-8-6-4-2/h3-18H2,1-2H3,(H,21,22)(H,23,24,25). The van der Waals surface area contributed by atoms with Crippen molar-refractivity contribution in [3.63, 3.8) is 0 Å². The Bertz CT molecular complexity index is 461. The SMILES string of the molecule is CCCCCCCCCCC(CCCCCCCC)(C(=O)O)S(=O)(=O)O. The van der Waals surface area contributed by atoms with Crippen molar-refractivity contribution in [2.75, 3.05) is 0 Å². The quantitative estimate of drug-likeness (QED) is 0.221. The molecule has 0 aliphatic rings. The van der Waals surface area contributed by atoms with Gasteiger partial charge in [0.1, 0.15) is 0 Å². The lowest BCUT2D eigenvalue weighted by Crippen LogP contribution is -2.46. The van der Waals surface area contributed by atoms with Gasteiger partial charge in [-0.05, 0) is 12.8 Å². The van der Waals surface area contributed by atoms with E-state index in [1.165, 1.54) is 25.7 Å². The summed E-state index contributed by atoms with van der Waals surface area (Å²) in [5.74, 6) is -1.41. The third-order valence-corrected chi connectivity index (χ3v) is 6.82. The van der Waals surface area contributed by atoms with Gasteiger partial charge in [-0.15, -0.1) is 0 Å². The Balaban J connectivity index is 4.45. The molecule has 6 heteroatoms. The first-order chi connectivity index (χ1) is 12.3. The first-order valence-electron chi connectivity index (χ1n) is 10.5. The molecule has 0 rings (SSSR count). The van der Waals surface area contributed by atoms with Crippen LogP contribution in [0.15, 0.2) is 0 Å². The number of carboxylic acid groups (broad SMARTS) is 1. The molecule has 0 aliphatic carbocycles. The van der Waals surface area contributed by atoms with Crippen LogP contribution < -0.4 is 0 Å². The molecule has 0 heterocycles. The largest absolute Gasteiger partial charge is 0.480 e. The highest BCUT2D eigenvalue weighted by Crippen LogP contribution is 2.31. The van der Waals surface area contributed by atoms with E-state index < -0.39 is 20.8 Å². The van der Waals surface area contributed by atoms with E-state index in [2.05, 4.69) is 13.8 Å². The van der Waals surface area contributed by atoms with E-state index in [1.807, 2.05) is 0 Å². The first kappa shape index (κ1) is 25.4. The molecule has 0 amide bonds. The number of hydrogen-bond donors (Lipinski definition) is 2. The van der Waals surface area contributed by atoms with Crippen molar-refractivity contribution in [3.8, 4) is 0 Å². The predicted molar refractivity (Wildman–Crippen MR) is 107 cm³/mol. The number of hydrogen-bond acceptors (Lipinski definition) is 3. The summed E-state index contributed by atoms with van der Waals surface area (Å²) in [7, 11) is -4.63. The third kappa shape index (κ3) is 9.91. The number of carboxylic acids is 1. The minimum absolute atomic E-state index is 0.00376. The first-order valence-corrected chi connectivity index (χ1v) is 12.0. The van der Waals surface area contributed by atoms with Crippen LogP contribution in [-0.4, -0.2) is 28.8 Å². The fraction of sp³-hybridized carbons (Fsp3) is 0.950. The fourth-order valence-electron chi connectivity index (χ4n) is 3.44. The van der Waals surface area contributed by atoms with Crippen molar-refractivity contribution >= 4 is 16.1 Å². The molecule has 1 atom stereocenters. The Morgan fingerprint density at radius 1 is 0.692 bits per heavy atom. The van der Waals surface area contributed by atoms with E-state index in [4.69, 9.17) is 0 Å². The molecule has 0 aliphatic heterocycles. The summed E-state index contributed by atoms with van der Waals surface area (Å²) in [6.07, 6.45) is 13.9. The molecule has 0 fully saturated rings. The highest BCUT2D eigenvalue weighted by atomic mass is 32.2. The molecule has 1 unspecified atom stereocenters. The molecular formula is C20H40O5S. The van der Waals surface area contributed by atoms with Gasteiger partial charge in [0.15, 0.2) is 4.75 Å². The second kappa shape index (κ2) is 14.4. The maximum atomic E-state index is 11.9. The van der Waals surface area contributed by atoms with Gasteiger partial charge in [-0.2, -0.15) is 8.42 Å². The van der Waals surface area contributed by atoms with E-state index in [1.54, 1.807) is 0 Å². The van der Waals surface area contributed by atoms with Gasteiger partial charge in [0.05, 0.1) is 0 Å². The summed E-state index contributed by atoms with van der Waals surface area (Å²) in [4.78, 5) is 11.7. The Labute approximate surface area is 160 Å². The second-order valence-corrected chi connectivity index (χ2v) is 9.25. The molecule has 26 heavy (non-hydrogen) atoms. The van der Waals surface area contributed by atoms with Crippen LogP contribution in [0.3, 0.4) is 0 Å². The minimum atomic E-state index is -4.63. The predicted octanol–water partition coefficient (Wildman–Crippen LogP) is 5.98. The van der Waals surface area contributed by atoms with E-state index >= 15 is 0 Å². The maximum absolute atomic E-state index is 11.9. The highest BCUT2D eigenvalue weighted by molar-refractivity contribution is 7.88. The van der Waals surface area contributed by atoms with Crippen LogP contribution in [0.2, 0.25) is 0 Å². The van der Waals surface area contributed by atoms with E-state index in [-0.39, 0.29) is 12.8 Å². The van der Waals surface area contributed by atoms with Gasteiger partial charge in [-0.25, -0.2) is 0 Å². The molecule has 0 bridgehead atoms. The van der Waals surface area contributed by atoms with E-state index in [0.29, 0.717) is 12.8 Å². The topological polar surface area (TPSA) is 91.7 Å². The van der Waals surface area contributed by atoms with Crippen molar-refractivity contribution in [1.82, 2.24) is 0 Å². The number of rotatable bonds is 18. The molecule has 0 aromatic rings. The number of unbranched alkanes of at least 4 members (excludes halogenated alkanes) is 12. The van der Waals surface area contributed by atoms with Gasteiger partial charge in [0, 0.05) is 0 Å². The lowest BCUT2D eigenvalue weighted by molar-refractivity contribution is -0.140. The zero-order valence-electron chi connectivity index (χ0n) is 16.8. The van der Waals surface area contributed by atoms with Gasteiger partial charge in [0.25, 0.3) is 10.1 Å². The highest BCUT2D eigenvalue weighted by Gasteiger charge is 2.49. The van der Waals surface area contributed by atoms with Crippen molar-refractivity contribution in [1.29, 1.82) is 0 Å². The monoisotopic (exact) mass is 392 g/mol. The van der Waals surface area contributed by atoms with Crippen LogP contribution in [-0.2, 0) is 14.9 Å². The molecule has 0 aromatic heterocycles. The summed E-state index contributed by atoms with van der Waals surface area (Å²) in [6, 6.07) is 0. The lowest BCUT2D eigenvalue weighted by atomic mass is 9.93. The zero-order valence-corrected chi connectivity index (χ0v) is 17.7. The van der Waals surface area contributed by atoms with Crippen LogP contribution in [0.25, 0.3) is 0 Å². The fourth-order valence-corrected chi connectivity index (χ4v) is 4.47. The van der Waals surface area contributed by atoms with Crippen LogP contribution in [0, 0.1) is 0 Å². The molecular weight excluding hydrogens is 352 g/mol. The summed E-state index contributed by atoms with van der Waals surface area (Å²) in [5.41, 5.74) is 0. The Hall–Kier alpha value is -0.620. The number of aliphatic carboxylic acids is 1. The maximum Gasteiger partial charge on any atom is 0.327 e.